The van der Waals surface area contributed by atoms with Gasteiger partial charge in [0.2, 0.25) is 0 Å². The van der Waals surface area contributed by atoms with Gasteiger partial charge in [0.25, 0.3) is 0 Å². The van der Waals surface area contributed by atoms with E-state index < -0.39 is 0 Å². The molecule has 1 fully saturated rings. The highest BCUT2D eigenvalue weighted by molar-refractivity contribution is 5.81. The molecule has 2 nitrogen and oxygen atoms in total. The van der Waals surface area contributed by atoms with Crippen molar-refractivity contribution in [3.63, 3.8) is 0 Å². The molecule has 0 bridgehead atoms. The molecule has 1 atom stereocenters. The zero-order chi connectivity index (χ0) is 11.2. The first kappa shape index (κ1) is 11.3. The first-order valence-electron chi connectivity index (χ1n) is 6.13. The number of rotatable bonds is 4. The molecule has 1 aromatic carbocycles. The van der Waals surface area contributed by atoms with E-state index in [9.17, 15) is 4.79 Å². The third-order valence-electron chi connectivity index (χ3n) is 3.24. The summed E-state index contributed by atoms with van der Waals surface area (Å²) in [6.07, 6.45) is 4.16. The predicted octanol–water partition coefficient (Wildman–Crippen LogP) is 2.54. The average molecular weight is 217 g/mol. The topological polar surface area (TPSA) is 29.1 Å². The number of nitrogens with one attached hydrogen (secondary N) is 1. The summed E-state index contributed by atoms with van der Waals surface area (Å²) in [6.45, 7) is 1.71. The second-order valence-electron chi connectivity index (χ2n) is 4.53. The van der Waals surface area contributed by atoms with Crippen molar-refractivity contribution in [2.45, 2.75) is 32.2 Å². The lowest BCUT2D eigenvalue weighted by Crippen LogP contribution is -2.30. The molecular formula is C14H19NO. The molecule has 1 saturated carbocycles. The Morgan fingerprint density at radius 3 is 2.75 bits per heavy atom. The molecule has 0 saturated heterocycles. The highest BCUT2D eigenvalue weighted by atomic mass is 16.1. The summed E-state index contributed by atoms with van der Waals surface area (Å²) >= 11 is 0. The molecule has 0 amide bonds. The van der Waals surface area contributed by atoms with Crippen LogP contribution in [0.2, 0.25) is 0 Å². The summed E-state index contributed by atoms with van der Waals surface area (Å²) < 4.78 is 0. The second-order valence-corrected chi connectivity index (χ2v) is 4.53. The molecule has 0 aromatic heterocycles. The number of hydrogen-bond donors (Lipinski definition) is 1. The molecule has 1 N–H and O–H groups in total. The molecule has 16 heavy (non-hydrogen) atoms. The maximum absolute atomic E-state index is 11.6. The van der Waals surface area contributed by atoms with Crippen molar-refractivity contribution in [2.24, 2.45) is 5.92 Å². The monoisotopic (exact) mass is 217 g/mol. The summed E-state index contributed by atoms with van der Waals surface area (Å²) in [5, 5.41) is 3.38. The van der Waals surface area contributed by atoms with Crippen LogP contribution in [0.15, 0.2) is 30.3 Å². The molecule has 2 heteroatoms. The normalized spacial score (nSPS) is 21.0. The van der Waals surface area contributed by atoms with E-state index in [0.29, 0.717) is 5.78 Å². The van der Waals surface area contributed by atoms with Gasteiger partial charge in [-0.25, -0.2) is 0 Å². The minimum Gasteiger partial charge on any atom is -0.312 e. The Labute approximate surface area is 97.1 Å². The molecule has 1 aliphatic carbocycles. The van der Waals surface area contributed by atoms with Crippen LogP contribution >= 0.6 is 0 Å². The minimum absolute atomic E-state index is 0.262. The lowest BCUT2D eigenvalue weighted by atomic mass is 9.88. The van der Waals surface area contributed by atoms with E-state index in [2.05, 4.69) is 17.4 Å². The fourth-order valence-electron chi connectivity index (χ4n) is 2.26. The van der Waals surface area contributed by atoms with Gasteiger partial charge < -0.3 is 5.32 Å². The number of Topliss-reactive ketones (excluding diaryl/α,β-unsaturated/α-hetero) is 1. The summed E-state index contributed by atoms with van der Waals surface area (Å²) in [4.78, 5) is 11.6. The second kappa shape index (κ2) is 5.80. The van der Waals surface area contributed by atoms with Gasteiger partial charge in [0, 0.05) is 25.4 Å². The Hall–Kier alpha value is -1.15. The first-order chi connectivity index (χ1) is 7.86. The Bertz CT molecular complexity index is 334. The van der Waals surface area contributed by atoms with Gasteiger partial charge in [-0.2, -0.15) is 0 Å². The van der Waals surface area contributed by atoms with Crippen LogP contribution in [0, 0.1) is 5.92 Å². The van der Waals surface area contributed by atoms with Crippen LogP contribution in [0.5, 0.6) is 0 Å². The summed E-state index contributed by atoms with van der Waals surface area (Å²) in [7, 11) is 0. The molecule has 1 aromatic rings. The highest BCUT2D eigenvalue weighted by Crippen LogP contribution is 2.19. The van der Waals surface area contributed by atoms with E-state index in [-0.39, 0.29) is 5.92 Å². The Morgan fingerprint density at radius 2 is 2.00 bits per heavy atom. The molecule has 0 unspecified atom stereocenters. The summed E-state index contributed by atoms with van der Waals surface area (Å²) in [5.41, 5.74) is 1.28. The van der Waals surface area contributed by atoms with Gasteiger partial charge in [0.15, 0.2) is 0 Å². The van der Waals surface area contributed by atoms with E-state index >= 15 is 0 Å². The van der Waals surface area contributed by atoms with Crippen molar-refractivity contribution in [1.29, 1.82) is 0 Å². The van der Waals surface area contributed by atoms with Crippen molar-refractivity contribution in [3.05, 3.63) is 35.9 Å². The number of carbonyl (C=O) groups is 1. The van der Waals surface area contributed by atoms with Crippen LogP contribution in [-0.4, -0.2) is 12.3 Å². The van der Waals surface area contributed by atoms with Crippen LogP contribution in [-0.2, 0) is 11.3 Å². The van der Waals surface area contributed by atoms with Crippen LogP contribution in [0.4, 0.5) is 0 Å². The van der Waals surface area contributed by atoms with E-state index in [1.807, 2.05) is 18.2 Å². The van der Waals surface area contributed by atoms with Gasteiger partial charge in [0.1, 0.15) is 5.78 Å². The average Bonchev–Trinajstić information content (AvgIpc) is 2.33. The van der Waals surface area contributed by atoms with E-state index in [0.717, 1.165) is 32.4 Å². The predicted molar refractivity (Wildman–Crippen MR) is 65.1 cm³/mol. The molecule has 86 valence electrons. The maximum Gasteiger partial charge on any atom is 0.137 e. The van der Waals surface area contributed by atoms with Crippen molar-refractivity contribution < 1.29 is 4.79 Å². The van der Waals surface area contributed by atoms with Crippen molar-refractivity contribution in [2.75, 3.05) is 6.54 Å². The van der Waals surface area contributed by atoms with E-state index in [1.54, 1.807) is 0 Å². The molecular weight excluding hydrogens is 198 g/mol. The summed E-state index contributed by atoms with van der Waals surface area (Å²) in [5.74, 6) is 0.712. The standard InChI is InChI=1S/C14H19NO/c16-14-9-5-4-8-13(14)11-15-10-12-6-2-1-3-7-12/h1-3,6-7,13,15H,4-5,8-11H2/t13-/m1/s1. The lowest BCUT2D eigenvalue weighted by Gasteiger charge is -2.20. The lowest BCUT2D eigenvalue weighted by molar-refractivity contribution is -0.124. The number of hydrogen-bond acceptors (Lipinski definition) is 2. The SMILES string of the molecule is O=C1CCCC[C@@H]1CNCc1ccccc1. The van der Waals surface area contributed by atoms with E-state index in [1.165, 1.54) is 12.0 Å². The number of benzene rings is 1. The molecule has 0 spiro atoms. The Balaban J connectivity index is 1.73. The smallest absolute Gasteiger partial charge is 0.137 e. The number of ketones is 1. The van der Waals surface area contributed by atoms with Crippen LogP contribution in [0.25, 0.3) is 0 Å². The molecule has 0 radical (unpaired) electrons. The van der Waals surface area contributed by atoms with Crippen LogP contribution < -0.4 is 5.32 Å². The van der Waals surface area contributed by atoms with Crippen LogP contribution in [0.3, 0.4) is 0 Å². The Kier molecular flexibility index (Phi) is 4.11. The van der Waals surface area contributed by atoms with Crippen molar-refractivity contribution in [1.82, 2.24) is 5.32 Å². The molecule has 0 aliphatic heterocycles. The fraction of sp³-hybridized carbons (Fsp3) is 0.500. The van der Waals surface area contributed by atoms with Crippen molar-refractivity contribution >= 4 is 5.78 Å². The van der Waals surface area contributed by atoms with Crippen LogP contribution in [0.1, 0.15) is 31.2 Å². The minimum atomic E-state index is 0.262. The maximum atomic E-state index is 11.6. The zero-order valence-corrected chi connectivity index (χ0v) is 9.61. The summed E-state index contributed by atoms with van der Waals surface area (Å²) in [6, 6.07) is 10.3. The largest absolute Gasteiger partial charge is 0.312 e. The van der Waals surface area contributed by atoms with Gasteiger partial charge in [-0.15, -0.1) is 0 Å². The van der Waals surface area contributed by atoms with Gasteiger partial charge in [-0.1, -0.05) is 36.8 Å². The third kappa shape index (κ3) is 3.17. The third-order valence-corrected chi connectivity index (χ3v) is 3.24. The van der Waals surface area contributed by atoms with Crippen molar-refractivity contribution in [3.8, 4) is 0 Å². The molecule has 1 aliphatic rings. The van der Waals surface area contributed by atoms with Gasteiger partial charge in [0.05, 0.1) is 0 Å². The van der Waals surface area contributed by atoms with E-state index in [4.69, 9.17) is 0 Å². The van der Waals surface area contributed by atoms with Gasteiger partial charge >= 0.3 is 0 Å². The highest BCUT2D eigenvalue weighted by Gasteiger charge is 2.21. The zero-order valence-electron chi connectivity index (χ0n) is 9.61. The van der Waals surface area contributed by atoms with Gasteiger partial charge in [-0.05, 0) is 18.4 Å². The first-order valence-corrected chi connectivity index (χ1v) is 6.13. The quantitative estimate of drug-likeness (QED) is 0.839. The fourth-order valence-corrected chi connectivity index (χ4v) is 2.26. The molecule has 2 rings (SSSR count). The Morgan fingerprint density at radius 1 is 1.19 bits per heavy atom. The molecule has 0 heterocycles. The van der Waals surface area contributed by atoms with Gasteiger partial charge in [-0.3, -0.25) is 4.79 Å². The number of carbonyl (C=O) groups excluding carboxylic acids is 1.